The third-order valence-corrected chi connectivity index (χ3v) is 2.18. The van der Waals surface area contributed by atoms with E-state index in [0.29, 0.717) is 11.5 Å². The van der Waals surface area contributed by atoms with Crippen LogP contribution in [0, 0.1) is 0 Å². The lowest BCUT2D eigenvalue weighted by Gasteiger charge is -2.10. The highest BCUT2D eigenvalue weighted by molar-refractivity contribution is 7.07. The van der Waals surface area contributed by atoms with Crippen molar-refractivity contribution in [2.24, 2.45) is 5.73 Å². The maximum Gasteiger partial charge on any atom is 0.338 e. The van der Waals surface area contributed by atoms with E-state index in [1.807, 2.05) is 16.8 Å². The second kappa shape index (κ2) is 4.08. The van der Waals surface area contributed by atoms with Gasteiger partial charge in [0.05, 0.1) is 6.54 Å². The molecule has 0 aliphatic carbocycles. The molecule has 0 radical (unpaired) electrons. The topological polar surface area (TPSA) is 66.6 Å². The third kappa shape index (κ3) is 2.52. The Hall–Kier alpha value is -1.07. The molecule has 0 saturated heterocycles. The highest BCUT2D eigenvalue weighted by atomic mass is 32.1. The molecule has 2 amide bonds. The van der Waals surface area contributed by atoms with Crippen LogP contribution in [0.25, 0.3) is 0 Å². The Balaban J connectivity index is 2.31. The molecule has 3 N–H and O–H groups in total. The number of amides is 2. The molecule has 66 valence electrons. The Morgan fingerprint density at radius 2 is 2.50 bits per heavy atom. The summed E-state index contributed by atoms with van der Waals surface area (Å²) in [5, 5.41) is 13.3. The first kappa shape index (κ1) is 9.02. The van der Waals surface area contributed by atoms with Crippen molar-refractivity contribution in [2.45, 2.75) is 6.42 Å². The normalized spacial score (nSPS) is 9.75. The lowest BCUT2D eigenvalue weighted by molar-refractivity contribution is -0.0381. The van der Waals surface area contributed by atoms with Crippen LogP contribution >= 0.6 is 11.3 Å². The summed E-state index contributed by atoms with van der Waals surface area (Å²) in [5.74, 6) is 0. The molecule has 4 nitrogen and oxygen atoms in total. The molecule has 1 rings (SSSR count). The molecule has 5 heteroatoms. The number of nitrogens with two attached hydrogens (primary N) is 1. The van der Waals surface area contributed by atoms with Crippen LogP contribution in [0.5, 0.6) is 0 Å². The number of hydrogen-bond acceptors (Lipinski definition) is 3. The molecule has 0 unspecified atom stereocenters. The van der Waals surface area contributed by atoms with Gasteiger partial charge in [-0.15, -0.1) is 0 Å². The summed E-state index contributed by atoms with van der Waals surface area (Å²) in [6.45, 7) is 0.242. The Labute approximate surface area is 74.2 Å². The molecule has 0 saturated carbocycles. The van der Waals surface area contributed by atoms with E-state index in [1.54, 1.807) is 11.3 Å². The second-order valence-corrected chi connectivity index (χ2v) is 3.12. The summed E-state index contributed by atoms with van der Waals surface area (Å²) in [5.41, 5.74) is 5.91. The van der Waals surface area contributed by atoms with E-state index in [2.05, 4.69) is 0 Å². The molecule has 0 aliphatic heterocycles. The van der Waals surface area contributed by atoms with Crippen molar-refractivity contribution in [2.75, 3.05) is 6.54 Å². The van der Waals surface area contributed by atoms with E-state index in [9.17, 15) is 4.79 Å². The fraction of sp³-hybridized carbons (Fsp3) is 0.286. The molecule has 0 fully saturated rings. The second-order valence-electron chi connectivity index (χ2n) is 2.34. The number of carbonyl (C=O) groups is 1. The average molecular weight is 186 g/mol. The molecule has 0 atom stereocenters. The molecular formula is C7H10N2O2S. The lowest BCUT2D eigenvalue weighted by Crippen LogP contribution is -2.34. The van der Waals surface area contributed by atoms with Gasteiger partial charge in [0.15, 0.2) is 0 Å². The summed E-state index contributed by atoms with van der Waals surface area (Å²) in [4.78, 5) is 10.4. The van der Waals surface area contributed by atoms with Crippen molar-refractivity contribution in [3.63, 3.8) is 0 Å². The van der Waals surface area contributed by atoms with Crippen LogP contribution in [0.15, 0.2) is 16.8 Å². The van der Waals surface area contributed by atoms with Gasteiger partial charge in [-0.3, -0.25) is 5.21 Å². The van der Waals surface area contributed by atoms with E-state index in [4.69, 9.17) is 10.9 Å². The Kier molecular flexibility index (Phi) is 3.07. The van der Waals surface area contributed by atoms with Crippen LogP contribution in [0.2, 0.25) is 0 Å². The van der Waals surface area contributed by atoms with Crippen molar-refractivity contribution >= 4 is 17.4 Å². The standard InChI is InChI=1S/C7H10N2O2S/c8-7(10)9(11)3-1-6-2-4-12-5-6/h2,4-5,11H,1,3H2,(H2,8,10). The molecule has 0 bridgehead atoms. The number of urea groups is 1. The largest absolute Gasteiger partial charge is 0.350 e. The molecule has 1 heterocycles. The van der Waals surface area contributed by atoms with Gasteiger partial charge in [0, 0.05) is 0 Å². The number of primary amides is 1. The number of rotatable bonds is 3. The predicted octanol–water partition coefficient (Wildman–Crippen LogP) is 1.06. The van der Waals surface area contributed by atoms with Crippen molar-refractivity contribution < 1.29 is 10.0 Å². The van der Waals surface area contributed by atoms with Crippen LogP contribution in [0.3, 0.4) is 0 Å². The average Bonchev–Trinajstić information content (AvgIpc) is 2.51. The first-order valence-corrected chi connectivity index (χ1v) is 4.41. The summed E-state index contributed by atoms with van der Waals surface area (Å²) in [6.07, 6.45) is 0.628. The molecule has 0 aliphatic rings. The third-order valence-electron chi connectivity index (χ3n) is 1.45. The quantitative estimate of drug-likeness (QED) is 0.547. The minimum Gasteiger partial charge on any atom is -0.350 e. The van der Waals surface area contributed by atoms with Gasteiger partial charge in [0.2, 0.25) is 0 Å². The van der Waals surface area contributed by atoms with Crippen molar-refractivity contribution in [3.05, 3.63) is 22.4 Å². The summed E-state index contributed by atoms with van der Waals surface area (Å²) < 4.78 is 0. The van der Waals surface area contributed by atoms with Crippen LogP contribution in [0.1, 0.15) is 5.56 Å². The Morgan fingerprint density at radius 3 is 3.00 bits per heavy atom. The zero-order chi connectivity index (χ0) is 8.97. The maximum absolute atomic E-state index is 10.4. The summed E-state index contributed by atoms with van der Waals surface area (Å²) in [6, 6.07) is 1.13. The SMILES string of the molecule is NC(=O)N(O)CCc1ccsc1. The van der Waals surface area contributed by atoms with Gasteiger partial charge in [-0.05, 0) is 28.8 Å². The number of hydrogen-bond donors (Lipinski definition) is 2. The maximum atomic E-state index is 10.4. The first-order chi connectivity index (χ1) is 5.70. The molecule has 0 aromatic carbocycles. The number of thiophene rings is 1. The van der Waals surface area contributed by atoms with Gasteiger partial charge in [0.1, 0.15) is 0 Å². The van der Waals surface area contributed by atoms with Gasteiger partial charge in [0.25, 0.3) is 0 Å². The van der Waals surface area contributed by atoms with Crippen LogP contribution in [-0.4, -0.2) is 22.8 Å². The van der Waals surface area contributed by atoms with Crippen molar-refractivity contribution in [3.8, 4) is 0 Å². The number of nitrogens with zero attached hydrogens (tertiary/aromatic N) is 1. The van der Waals surface area contributed by atoms with E-state index < -0.39 is 6.03 Å². The summed E-state index contributed by atoms with van der Waals surface area (Å²) >= 11 is 1.58. The fourth-order valence-electron chi connectivity index (χ4n) is 0.780. The van der Waals surface area contributed by atoms with E-state index in [0.717, 1.165) is 5.56 Å². The zero-order valence-corrected chi connectivity index (χ0v) is 7.25. The number of hydroxylamine groups is 2. The highest BCUT2D eigenvalue weighted by Crippen LogP contribution is 2.06. The molecule has 1 aromatic rings. The molecule has 0 spiro atoms. The van der Waals surface area contributed by atoms with Crippen molar-refractivity contribution in [1.82, 2.24) is 5.06 Å². The molecule has 1 aromatic heterocycles. The zero-order valence-electron chi connectivity index (χ0n) is 6.43. The lowest BCUT2D eigenvalue weighted by atomic mass is 10.2. The van der Waals surface area contributed by atoms with Gasteiger partial charge < -0.3 is 5.73 Å². The van der Waals surface area contributed by atoms with E-state index in [1.165, 1.54) is 0 Å². The van der Waals surface area contributed by atoms with E-state index >= 15 is 0 Å². The molecular weight excluding hydrogens is 176 g/mol. The summed E-state index contributed by atoms with van der Waals surface area (Å²) in [7, 11) is 0. The van der Waals surface area contributed by atoms with Gasteiger partial charge in [-0.1, -0.05) is 0 Å². The monoisotopic (exact) mass is 186 g/mol. The van der Waals surface area contributed by atoms with Gasteiger partial charge in [-0.25, -0.2) is 9.86 Å². The fourth-order valence-corrected chi connectivity index (χ4v) is 1.48. The highest BCUT2D eigenvalue weighted by Gasteiger charge is 2.04. The first-order valence-electron chi connectivity index (χ1n) is 3.47. The van der Waals surface area contributed by atoms with Gasteiger partial charge in [-0.2, -0.15) is 11.3 Å². The Morgan fingerprint density at radius 1 is 1.75 bits per heavy atom. The van der Waals surface area contributed by atoms with E-state index in [-0.39, 0.29) is 6.54 Å². The van der Waals surface area contributed by atoms with Crippen molar-refractivity contribution in [1.29, 1.82) is 0 Å². The van der Waals surface area contributed by atoms with Crippen LogP contribution in [-0.2, 0) is 6.42 Å². The van der Waals surface area contributed by atoms with Crippen LogP contribution < -0.4 is 5.73 Å². The Bertz CT molecular complexity index is 248. The minimum absolute atomic E-state index is 0.242. The van der Waals surface area contributed by atoms with Gasteiger partial charge >= 0.3 is 6.03 Å². The number of carbonyl (C=O) groups excluding carboxylic acids is 1. The van der Waals surface area contributed by atoms with Crippen LogP contribution in [0.4, 0.5) is 4.79 Å². The predicted molar refractivity (Wildman–Crippen MR) is 46.1 cm³/mol. The smallest absolute Gasteiger partial charge is 0.338 e. The minimum atomic E-state index is -0.815. The molecule has 12 heavy (non-hydrogen) atoms.